The average molecular weight is 753 g/mol. The Morgan fingerprint density at radius 1 is 0.588 bits per heavy atom. The molecule has 0 unspecified atom stereocenters. The zero-order chi connectivity index (χ0) is 37.7. The molecular formula is C38H72O12S. The lowest BCUT2D eigenvalue weighted by atomic mass is 10.00. The number of rotatable bonds is 33. The first-order valence-corrected chi connectivity index (χ1v) is 21.7. The summed E-state index contributed by atoms with van der Waals surface area (Å²) in [7, 11) is -4.59. The number of hydrogen-bond acceptors (Lipinski definition) is 11. The van der Waals surface area contributed by atoms with Gasteiger partial charge >= 0.3 is 11.9 Å². The highest BCUT2D eigenvalue weighted by Crippen LogP contribution is 2.24. The van der Waals surface area contributed by atoms with E-state index in [4.69, 9.17) is 18.9 Å². The molecule has 1 aliphatic rings. The van der Waals surface area contributed by atoms with Crippen molar-refractivity contribution in [1.82, 2.24) is 0 Å². The van der Waals surface area contributed by atoms with Gasteiger partial charge < -0.3 is 34.3 Å². The van der Waals surface area contributed by atoms with Crippen LogP contribution in [0.1, 0.15) is 174 Å². The van der Waals surface area contributed by atoms with Gasteiger partial charge in [-0.15, -0.1) is 0 Å². The fourth-order valence-electron chi connectivity index (χ4n) is 6.26. The molecular weight excluding hydrogens is 680 g/mol. The molecule has 1 rings (SSSR count). The van der Waals surface area contributed by atoms with E-state index in [1.807, 2.05) is 0 Å². The summed E-state index contributed by atoms with van der Waals surface area (Å²) in [6.45, 7) is 3.73. The maximum Gasteiger partial charge on any atom is 0.306 e. The van der Waals surface area contributed by atoms with E-state index in [0.29, 0.717) is 12.8 Å². The van der Waals surface area contributed by atoms with Crippen LogP contribution in [0.5, 0.6) is 0 Å². The minimum atomic E-state index is -4.59. The van der Waals surface area contributed by atoms with E-state index in [2.05, 4.69) is 13.8 Å². The summed E-state index contributed by atoms with van der Waals surface area (Å²) < 4.78 is 53.8. The van der Waals surface area contributed by atoms with Crippen molar-refractivity contribution >= 4 is 22.1 Å². The Bertz CT molecular complexity index is 978. The number of hydrogen-bond donors (Lipinski definition) is 4. The first-order chi connectivity index (χ1) is 24.5. The summed E-state index contributed by atoms with van der Waals surface area (Å²) in [4.78, 5) is 25.2. The third kappa shape index (κ3) is 25.3. The van der Waals surface area contributed by atoms with Gasteiger partial charge in [0.15, 0.2) is 12.4 Å². The number of esters is 2. The molecule has 12 nitrogen and oxygen atoms in total. The monoisotopic (exact) mass is 752 g/mol. The van der Waals surface area contributed by atoms with Crippen LogP contribution >= 0.6 is 0 Å². The van der Waals surface area contributed by atoms with Crippen LogP contribution in [0.3, 0.4) is 0 Å². The number of aliphatic hydroxyl groups excluding tert-OH is 3. The second-order valence-electron chi connectivity index (χ2n) is 14.3. The molecule has 13 heteroatoms. The van der Waals surface area contributed by atoms with E-state index < -0.39 is 71.2 Å². The molecule has 0 aromatic heterocycles. The number of carbonyl (C=O) groups excluding carboxylic acids is 2. The van der Waals surface area contributed by atoms with Crippen LogP contribution in [0.25, 0.3) is 0 Å². The zero-order valence-corrected chi connectivity index (χ0v) is 32.5. The molecule has 1 fully saturated rings. The van der Waals surface area contributed by atoms with Gasteiger partial charge in [-0.3, -0.25) is 14.1 Å². The zero-order valence-electron chi connectivity index (χ0n) is 31.7. The predicted molar refractivity (Wildman–Crippen MR) is 197 cm³/mol. The molecule has 0 amide bonds. The fraction of sp³-hybridized carbons (Fsp3) is 0.947. The standard InChI is InChI=1S/C38H72O12S/c1-3-5-7-9-11-13-15-16-17-19-20-22-24-26-33(39)47-28-31(49-34(40)27-25-23-21-18-14-12-10-8-6-4-2)29-48-38-37(43)36(42)35(41)32(50-38)30-51(44,45)46/h31-32,35-38,41-43H,3-30H2,1-2H3,(H,44,45,46)/t31-,32-,35-,36+,37-,38-/m1/s1. The lowest BCUT2D eigenvalue weighted by Crippen LogP contribution is -2.60. The Morgan fingerprint density at radius 3 is 1.43 bits per heavy atom. The molecule has 1 saturated heterocycles. The summed E-state index contributed by atoms with van der Waals surface area (Å²) in [5.74, 6) is -1.97. The molecule has 0 aliphatic carbocycles. The van der Waals surface area contributed by atoms with Gasteiger partial charge in [0.2, 0.25) is 0 Å². The van der Waals surface area contributed by atoms with Gasteiger partial charge in [-0.25, -0.2) is 0 Å². The predicted octanol–water partition coefficient (Wildman–Crippen LogP) is 6.95. The number of ether oxygens (including phenoxy) is 4. The Hall–Kier alpha value is -1.35. The largest absolute Gasteiger partial charge is 0.462 e. The minimum Gasteiger partial charge on any atom is -0.462 e. The van der Waals surface area contributed by atoms with Crippen molar-refractivity contribution in [2.75, 3.05) is 19.0 Å². The lowest BCUT2D eigenvalue weighted by Gasteiger charge is -2.40. The van der Waals surface area contributed by atoms with Gasteiger partial charge in [0, 0.05) is 12.8 Å². The van der Waals surface area contributed by atoms with Crippen LogP contribution in [-0.4, -0.2) is 96.0 Å². The maximum absolute atomic E-state index is 12.7. The van der Waals surface area contributed by atoms with E-state index >= 15 is 0 Å². The first kappa shape index (κ1) is 47.7. The number of unbranched alkanes of at least 4 members (excludes halogenated alkanes) is 21. The van der Waals surface area contributed by atoms with Crippen molar-refractivity contribution in [2.45, 2.75) is 211 Å². The van der Waals surface area contributed by atoms with Gasteiger partial charge in [0.1, 0.15) is 36.8 Å². The SMILES string of the molecule is CCCCCCCCCCCCCCCC(=O)OC[C@H](CO[C@@H]1O[C@H](CS(=O)(=O)O)[C@@H](O)[C@H](O)[C@H]1O)OC(=O)CCCCCCCCCCCC. The molecule has 4 N–H and O–H groups in total. The third-order valence-corrected chi connectivity index (χ3v) is 10.2. The van der Waals surface area contributed by atoms with Crippen molar-refractivity contribution in [3.63, 3.8) is 0 Å². The quantitative estimate of drug-likeness (QED) is 0.0308. The molecule has 0 radical (unpaired) electrons. The third-order valence-electron chi connectivity index (χ3n) is 9.44. The van der Waals surface area contributed by atoms with Crippen LogP contribution in [0.15, 0.2) is 0 Å². The van der Waals surface area contributed by atoms with Crippen molar-refractivity contribution in [3.05, 3.63) is 0 Å². The summed E-state index contributed by atoms with van der Waals surface area (Å²) >= 11 is 0. The smallest absolute Gasteiger partial charge is 0.306 e. The van der Waals surface area contributed by atoms with Crippen molar-refractivity contribution in [1.29, 1.82) is 0 Å². The highest BCUT2D eigenvalue weighted by atomic mass is 32.2. The summed E-state index contributed by atoms with van der Waals surface area (Å²) in [6.07, 6.45) is 17.4. The molecule has 51 heavy (non-hydrogen) atoms. The summed E-state index contributed by atoms with van der Waals surface area (Å²) in [5, 5.41) is 30.7. The van der Waals surface area contributed by atoms with Crippen LogP contribution < -0.4 is 0 Å². The number of aliphatic hydroxyl groups is 3. The van der Waals surface area contributed by atoms with E-state index in [-0.39, 0.29) is 19.4 Å². The van der Waals surface area contributed by atoms with Crippen LogP contribution in [-0.2, 0) is 38.7 Å². The Morgan fingerprint density at radius 2 is 1.00 bits per heavy atom. The Balaban J connectivity index is 2.49. The fourth-order valence-corrected chi connectivity index (χ4v) is 6.96. The van der Waals surface area contributed by atoms with E-state index in [1.165, 1.54) is 96.3 Å². The second kappa shape index (κ2) is 30.0. The summed E-state index contributed by atoms with van der Waals surface area (Å²) in [6, 6.07) is 0. The molecule has 6 atom stereocenters. The molecule has 1 aliphatic heterocycles. The van der Waals surface area contributed by atoms with Crippen molar-refractivity contribution in [2.24, 2.45) is 0 Å². The first-order valence-electron chi connectivity index (χ1n) is 20.1. The van der Waals surface area contributed by atoms with Crippen LogP contribution in [0.4, 0.5) is 0 Å². The Kier molecular flexibility index (Phi) is 28.1. The lowest BCUT2D eigenvalue weighted by molar-refractivity contribution is -0.297. The Labute approximate surface area is 308 Å². The van der Waals surface area contributed by atoms with Gasteiger partial charge in [-0.05, 0) is 12.8 Å². The molecule has 0 bridgehead atoms. The molecule has 302 valence electrons. The topological polar surface area (TPSA) is 186 Å². The van der Waals surface area contributed by atoms with Crippen LogP contribution in [0, 0.1) is 0 Å². The van der Waals surface area contributed by atoms with Crippen molar-refractivity contribution < 1.29 is 56.8 Å². The second-order valence-corrected chi connectivity index (χ2v) is 15.8. The molecule has 0 aromatic carbocycles. The molecule has 1 heterocycles. The molecule has 0 saturated carbocycles. The normalized spacial score (nSPS) is 21.4. The number of carbonyl (C=O) groups is 2. The van der Waals surface area contributed by atoms with Gasteiger partial charge in [-0.2, -0.15) is 8.42 Å². The van der Waals surface area contributed by atoms with Gasteiger partial charge in [0.05, 0.1) is 6.61 Å². The average Bonchev–Trinajstić information content (AvgIpc) is 3.09. The van der Waals surface area contributed by atoms with E-state index in [1.54, 1.807) is 0 Å². The van der Waals surface area contributed by atoms with Gasteiger partial charge in [0.25, 0.3) is 10.1 Å². The highest BCUT2D eigenvalue weighted by Gasteiger charge is 2.46. The van der Waals surface area contributed by atoms with E-state index in [0.717, 1.165) is 38.5 Å². The summed E-state index contributed by atoms with van der Waals surface area (Å²) in [5.41, 5.74) is 0. The van der Waals surface area contributed by atoms with Gasteiger partial charge in [-0.1, -0.05) is 149 Å². The minimum absolute atomic E-state index is 0.170. The molecule has 0 spiro atoms. The maximum atomic E-state index is 12.7. The van der Waals surface area contributed by atoms with Crippen LogP contribution in [0.2, 0.25) is 0 Å². The van der Waals surface area contributed by atoms with Crippen molar-refractivity contribution in [3.8, 4) is 0 Å². The highest BCUT2D eigenvalue weighted by molar-refractivity contribution is 7.85. The van der Waals surface area contributed by atoms with E-state index in [9.17, 15) is 37.9 Å². The molecule has 0 aromatic rings.